The standard InChI is InChI=1S/C27H31F2N5O/c1-17-20(26(32-33(17)3)27(35)12-13-27)5-4-6-22-21(8-9-23(28)25(22)29)18-7-10-24-31-15-19(11-14-30-2)34(24)16-18/h7-10,15-16,30,35H,4-6,11-14H2,1-3H3. The van der Waals surface area contributed by atoms with Gasteiger partial charge in [-0.15, -0.1) is 0 Å². The highest BCUT2D eigenvalue weighted by atomic mass is 19.2. The zero-order valence-corrected chi connectivity index (χ0v) is 20.4. The number of aromatic nitrogens is 4. The van der Waals surface area contributed by atoms with Gasteiger partial charge < -0.3 is 14.8 Å². The van der Waals surface area contributed by atoms with Crippen molar-refractivity contribution in [2.45, 2.75) is 51.0 Å². The molecule has 1 aliphatic rings. The van der Waals surface area contributed by atoms with Gasteiger partial charge in [0.1, 0.15) is 11.2 Å². The molecule has 3 heterocycles. The summed E-state index contributed by atoms with van der Waals surface area (Å²) < 4.78 is 33.2. The maximum atomic E-state index is 15.1. The number of aryl methyl sites for hydroxylation is 1. The first kappa shape index (κ1) is 23.6. The van der Waals surface area contributed by atoms with E-state index in [0.717, 1.165) is 46.8 Å². The van der Waals surface area contributed by atoms with Gasteiger partial charge in [0, 0.05) is 43.8 Å². The molecule has 4 aromatic rings. The Morgan fingerprint density at radius 3 is 2.60 bits per heavy atom. The number of imidazole rings is 1. The van der Waals surface area contributed by atoms with Crippen molar-refractivity contribution in [1.29, 1.82) is 0 Å². The fraction of sp³-hybridized carbons (Fsp3) is 0.407. The number of hydrogen-bond acceptors (Lipinski definition) is 4. The minimum Gasteiger partial charge on any atom is -0.383 e. The van der Waals surface area contributed by atoms with Crippen LogP contribution in [0.25, 0.3) is 16.8 Å². The highest BCUT2D eigenvalue weighted by molar-refractivity contribution is 5.69. The number of halogens is 2. The number of likely N-dealkylation sites (N-methyl/N-ethyl adjacent to an activating group) is 1. The smallest absolute Gasteiger partial charge is 0.162 e. The van der Waals surface area contributed by atoms with Gasteiger partial charge in [-0.3, -0.25) is 4.68 Å². The highest BCUT2D eigenvalue weighted by Crippen LogP contribution is 2.46. The van der Waals surface area contributed by atoms with Crippen molar-refractivity contribution in [3.05, 3.63) is 76.5 Å². The van der Waals surface area contributed by atoms with Crippen molar-refractivity contribution in [3.8, 4) is 11.1 Å². The lowest BCUT2D eigenvalue weighted by Crippen LogP contribution is -2.11. The minimum atomic E-state index is -0.840. The lowest BCUT2D eigenvalue weighted by atomic mass is 9.94. The van der Waals surface area contributed by atoms with Gasteiger partial charge in [-0.2, -0.15) is 5.10 Å². The largest absolute Gasteiger partial charge is 0.383 e. The Morgan fingerprint density at radius 2 is 1.86 bits per heavy atom. The fourth-order valence-corrected chi connectivity index (χ4v) is 4.86. The molecule has 1 saturated carbocycles. The number of rotatable bonds is 9. The van der Waals surface area contributed by atoms with Crippen molar-refractivity contribution in [3.63, 3.8) is 0 Å². The molecular weight excluding hydrogens is 448 g/mol. The van der Waals surface area contributed by atoms with E-state index in [-0.39, 0.29) is 0 Å². The van der Waals surface area contributed by atoms with E-state index in [4.69, 9.17) is 0 Å². The molecule has 1 aliphatic carbocycles. The molecule has 0 radical (unpaired) electrons. The normalized spacial score (nSPS) is 14.7. The van der Waals surface area contributed by atoms with Crippen LogP contribution in [0.4, 0.5) is 8.78 Å². The summed E-state index contributed by atoms with van der Waals surface area (Å²) >= 11 is 0. The number of nitrogens with one attached hydrogen (secondary N) is 1. The van der Waals surface area contributed by atoms with E-state index in [1.807, 2.05) is 49.9 Å². The molecule has 0 aliphatic heterocycles. The summed E-state index contributed by atoms with van der Waals surface area (Å²) in [6, 6.07) is 6.67. The molecule has 1 fully saturated rings. The van der Waals surface area contributed by atoms with Crippen LogP contribution in [0.1, 0.15) is 47.5 Å². The summed E-state index contributed by atoms with van der Waals surface area (Å²) in [4.78, 5) is 4.46. The number of benzene rings is 1. The molecule has 0 bridgehead atoms. The lowest BCUT2D eigenvalue weighted by Gasteiger charge is -2.14. The Balaban J connectivity index is 1.44. The summed E-state index contributed by atoms with van der Waals surface area (Å²) in [5.41, 5.74) is 5.66. The average Bonchev–Trinajstić information content (AvgIpc) is 3.36. The van der Waals surface area contributed by atoms with E-state index in [9.17, 15) is 9.50 Å². The van der Waals surface area contributed by atoms with Crippen molar-refractivity contribution in [1.82, 2.24) is 24.5 Å². The Kier molecular flexibility index (Phi) is 6.19. The molecule has 35 heavy (non-hydrogen) atoms. The Morgan fingerprint density at radius 1 is 1.09 bits per heavy atom. The van der Waals surface area contributed by atoms with E-state index >= 15 is 4.39 Å². The van der Waals surface area contributed by atoms with Crippen molar-refractivity contribution < 1.29 is 13.9 Å². The van der Waals surface area contributed by atoms with Gasteiger partial charge in [0.25, 0.3) is 0 Å². The third kappa shape index (κ3) is 4.36. The molecule has 6 nitrogen and oxygen atoms in total. The number of hydrogen-bond donors (Lipinski definition) is 2. The molecule has 1 aromatic carbocycles. The molecule has 0 unspecified atom stereocenters. The van der Waals surface area contributed by atoms with E-state index < -0.39 is 17.2 Å². The van der Waals surface area contributed by atoms with Crippen LogP contribution in [0, 0.1) is 18.6 Å². The number of aliphatic hydroxyl groups is 1. The zero-order valence-electron chi connectivity index (χ0n) is 20.4. The molecule has 0 atom stereocenters. The van der Waals surface area contributed by atoms with Gasteiger partial charge in [-0.05, 0) is 86.5 Å². The third-order valence-corrected chi connectivity index (χ3v) is 7.20. The second kappa shape index (κ2) is 9.17. The quantitative estimate of drug-likeness (QED) is 0.377. The summed E-state index contributed by atoms with van der Waals surface area (Å²) in [5, 5.41) is 18.3. The molecule has 5 rings (SSSR count). The van der Waals surface area contributed by atoms with Crippen LogP contribution in [0.2, 0.25) is 0 Å². The number of pyridine rings is 1. The van der Waals surface area contributed by atoms with Gasteiger partial charge in [0.2, 0.25) is 0 Å². The first-order valence-electron chi connectivity index (χ1n) is 12.2. The minimum absolute atomic E-state index is 0.370. The molecule has 8 heteroatoms. The predicted octanol–water partition coefficient (Wildman–Crippen LogP) is 4.24. The lowest BCUT2D eigenvalue weighted by molar-refractivity contribution is 0.144. The van der Waals surface area contributed by atoms with Crippen LogP contribution >= 0.6 is 0 Å². The predicted molar refractivity (Wildman–Crippen MR) is 131 cm³/mol. The molecule has 0 saturated heterocycles. The SMILES string of the molecule is CNCCc1cnc2ccc(-c3ccc(F)c(F)c3CCCc3c(C4(O)CC4)nn(C)c3C)cn12. The van der Waals surface area contributed by atoms with E-state index in [1.54, 1.807) is 10.7 Å². The second-order valence-electron chi connectivity index (χ2n) is 9.56. The first-order chi connectivity index (χ1) is 16.8. The molecule has 2 N–H and O–H groups in total. The topological polar surface area (TPSA) is 67.4 Å². The van der Waals surface area contributed by atoms with E-state index in [1.165, 1.54) is 6.07 Å². The van der Waals surface area contributed by atoms with Crippen molar-refractivity contribution >= 4 is 5.65 Å². The van der Waals surface area contributed by atoms with Gasteiger partial charge in [0.05, 0.1) is 5.69 Å². The average molecular weight is 480 g/mol. The van der Waals surface area contributed by atoms with Crippen LogP contribution in [0.3, 0.4) is 0 Å². The number of fused-ring (bicyclic) bond motifs is 1. The van der Waals surface area contributed by atoms with E-state index in [2.05, 4.69) is 15.4 Å². The fourth-order valence-electron chi connectivity index (χ4n) is 4.86. The summed E-state index contributed by atoms with van der Waals surface area (Å²) in [7, 11) is 3.78. The van der Waals surface area contributed by atoms with Crippen LogP contribution in [0.5, 0.6) is 0 Å². The maximum absolute atomic E-state index is 15.1. The van der Waals surface area contributed by atoms with Gasteiger partial charge in [0.15, 0.2) is 11.6 Å². The molecule has 3 aromatic heterocycles. The van der Waals surface area contributed by atoms with Crippen LogP contribution < -0.4 is 5.32 Å². The zero-order chi connectivity index (χ0) is 24.7. The summed E-state index contributed by atoms with van der Waals surface area (Å²) in [5.74, 6) is -1.64. The Bertz CT molecular complexity index is 1390. The Labute approximate surface area is 203 Å². The first-order valence-corrected chi connectivity index (χ1v) is 12.2. The van der Waals surface area contributed by atoms with Crippen LogP contribution in [-0.4, -0.2) is 37.9 Å². The van der Waals surface area contributed by atoms with Gasteiger partial charge >= 0.3 is 0 Å². The third-order valence-electron chi connectivity index (χ3n) is 7.20. The van der Waals surface area contributed by atoms with Crippen LogP contribution in [-0.2, 0) is 31.9 Å². The van der Waals surface area contributed by atoms with Gasteiger partial charge in [-0.1, -0.05) is 6.07 Å². The summed E-state index contributed by atoms with van der Waals surface area (Å²) in [6.07, 6.45) is 7.67. The monoisotopic (exact) mass is 479 g/mol. The summed E-state index contributed by atoms with van der Waals surface area (Å²) in [6.45, 7) is 2.80. The molecule has 0 amide bonds. The second-order valence-corrected chi connectivity index (χ2v) is 9.56. The van der Waals surface area contributed by atoms with E-state index in [0.29, 0.717) is 43.2 Å². The molecule has 0 spiro atoms. The van der Waals surface area contributed by atoms with Crippen molar-refractivity contribution in [2.75, 3.05) is 13.6 Å². The highest BCUT2D eigenvalue weighted by Gasteiger charge is 2.46. The molecule has 184 valence electrons. The Hall–Kier alpha value is -3.10. The number of nitrogens with zero attached hydrogens (tertiary/aromatic N) is 4. The van der Waals surface area contributed by atoms with Crippen molar-refractivity contribution in [2.24, 2.45) is 7.05 Å². The van der Waals surface area contributed by atoms with Gasteiger partial charge in [-0.25, -0.2) is 13.8 Å². The van der Waals surface area contributed by atoms with Crippen LogP contribution in [0.15, 0.2) is 36.7 Å². The maximum Gasteiger partial charge on any atom is 0.162 e. The molecular formula is C27H31F2N5O.